The molecule has 11 heteroatoms. The average molecular weight is 584 g/mol. The number of ether oxygens (including phenoxy) is 1. The molecule has 4 aliphatic rings. The van der Waals surface area contributed by atoms with E-state index in [1.54, 1.807) is 15.9 Å². The van der Waals surface area contributed by atoms with Crippen LogP contribution in [0.5, 0.6) is 5.75 Å². The lowest BCUT2D eigenvalue weighted by Crippen LogP contribution is -2.57. The number of nitrogens with zero attached hydrogens (tertiary/aromatic N) is 5. The SMILES string of the molecule is C=CC(=O)N1CCN2C(=O)c3c(N4CC(N5CCC(F)CC5)CC4(C)C)nc(-c4ccccc4F)c(F)c3OC[C@H]2C1. The number of hydrogen-bond donors (Lipinski definition) is 0. The van der Waals surface area contributed by atoms with Gasteiger partial charge in [0, 0.05) is 56.4 Å². The summed E-state index contributed by atoms with van der Waals surface area (Å²) in [7, 11) is 0. The first kappa shape index (κ1) is 28.5. The van der Waals surface area contributed by atoms with Crippen LogP contribution in [-0.2, 0) is 4.79 Å². The minimum Gasteiger partial charge on any atom is -0.487 e. The molecule has 2 aromatic rings. The molecule has 0 radical (unpaired) electrons. The standard InChI is InChI=1S/C31H36F3N5O3/c1-4-24(40)37-13-14-38-21(16-37)18-42-28-25(30(38)41)29(35-27(26(28)34)22-7-5-6-8-23(22)33)39-17-20(15-31(39,2)3)36-11-9-19(32)10-12-36/h4-8,19-21H,1,9-18H2,2-3H3/t20?,21-/m1/s1. The highest BCUT2D eigenvalue weighted by molar-refractivity contribution is 6.03. The van der Waals surface area contributed by atoms with E-state index in [4.69, 9.17) is 9.72 Å². The zero-order chi connectivity index (χ0) is 29.8. The van der Waals surface area contributed by atoms with Crippen molar-refractivity contribution < 1.29 is 27.5 Å². The number of carbonyl (C=O) groups is 2. The monoisotopic (exact) mass is 583 g/mol. The number of piperidine rings is 1. The van der Waals surface area contributed by atoms with Gasteiger partial charge in [0.2, 0.25) is 5.91 Å². The fourth-order valence-electron chi connectivity index (χ4n) is 6.86. The first-order valence-corrected chi connectivity index (χ1v) is 14.6. The molecule has 2 amide bonds. The summed E-state index contributed by atoms with van der Waals surface area (Å²) in [5, 5.41) is 0. The van der Waals surface area contributed by atoms with Crippen LogP contribution >= 0.6 is 0 Å². The number of alkyl halides is 1. The summed E-state index contributed by atoms with van der Waals surface area (Å²) >= 11 is 0. The van der Waals surface area contributed by atoms with Crippen LogP contribution in [-0.4, -0.2) is 101 Å². The Labute approximate surface area is 243 Å². The molecule has 1 aromatic carbocycles. The summed E-state index contributed by atoms with van der Waals surface area (Å²) in [5.74, 6) is -2.23. The first-order chi connectivity index (χ1) is 20.1. The maximum absolute atomic E-state index is 16.3. The summed E-state index contributed by atoms with van der Waals surface area (Å²) in [6.07, 6.45) is 2.12. The molecule has 5 heterocycles. The molecule has 0 saturated carbocycles. The molecule has 1 aromatic heterocycles. The molecule has 1 unspecified atom stereocenters. The molecular formula is C31H36F3N5O3. The number of aromatic nitrogens is 1. The Morgan fingerprint density at radius 3 is 2.55 bits per heavy atom. The highest BCUT2D eigenvalue weighted by atomic mass is 19.1. The predicted octanol–water partition coefficient (Wildman–Crippen LogP) is 4.05. The van der Waals surface area contributed by atoms with E-state index in [1.165, 1.54) is 24.3 Å². The second-order valence-electron chi connectivity index (χ2n) is 12.2. The molecule has 2 atom stereocenters. The maximum atomic E-state index is 16.3. The van der Waals surface area contributed by atoms with Gasteiger partial charge in [-0.1, -0.05) is 18.7 Å². The highest BCUT2D eigenvalue weighted by Crippen LogP contribution is 2.44. The van der Waals surface area contributed by atoms with Gasteiger partial charge in [0.05, 0.1) is 6.04 Å². The lowest BCUT2D eigenvalue weighted by Gasteiger charge is -2.40. The van der Waals surface area contributed by atoms with E-state index in [0.717, 1.165) is 6.42 Å². The number of halogens is 3. The molecule has 6 rings (SSSR count). The number of carbonyl (C=O) groups excluding carboxylic acids is 2. The second-order valence-corrected chi connectivity index (χ2v) is 12.2. The molecular weight excluding hydrogens is 547 g/mol. The van der Waals surface area contributed by atoms with Crippen LogP contribution in [0, 0.1) is 11.6 Å². The molecule has 0 N–H and O–H groups in total. The van der Waals surface area contributed by atoms with Crippen LogP contribution in [0.1, 0.15) is 43.5 Å². The van der Waals surface area contributed by atoms with Crippen molar-refractivity contribution in [2.75, 3.05) is 50.8 Å². The van der Waals surface area contributed by atoms with Gasteiger partial charge in [-0.3, -0.25) is 14.5 Å². The Morgan fingerprint density at radius 1 is 1.10 bits per heavy atom. The van der Waals surface area contributed by atoms with E-state index in [2.05, 4.69) is 11.5 Å². The number of amides is 2. The van der Waals surface area contributed by atoms with Gasteiger partial charge in [0.25, 0.3) is 5.91 Å². The summed E-state index contributed by atoms with van der Waals surface area (Å²) in [5.41, 5.74) is -0.743. The lowest BCUT2D eigenvalue weighted by molar-refractivity contribution is -0.128. The van der Waals surface area contributed by atoms with E-state index in [-0.39, 0.29) is 60.0 Å². The summed E-state index contributed by atoms with van der Waals surface area (Å²) in [4.78, 5) is 38.8. The molecule has 8 nitrogen and oxygen atoms in total. The minimum absolute atomic E-state index is 0.00905. The average Bonchev–Trinajstić information content (AvgIpc) is 3.22. The lowest BCUT2D eigenvalue weighted by atomic mass is 9.97. The van der Waals surface area contributed by atoms with Crippen molar-refractivity contribution >= 4 is 17.6 Å². The van der Waals surface area contributed by atoms with Crippen molar-refractivity contribution in [1.82, 2.24) is 19.7 Å². The largest absolute Gasteiger partial charge is 0.487 e. The van der Waals surface area contributed by atoms with Gasteiger partial charge >= 0.3 is 0 Å². The van der Waals surface area contributed by atoms with Crippen molar-refractivity contribution in [1.29, 1.82) is 0 Å². The number of piperazine rings is 1. The Hall–Kier alpha value is -3.60. The highest BCUT2D eigenvalue weighted by Gasteiger charge is 2.47. The number of anilines is 1. The fourth-order valence-corrected chi connectivity index (χ4v) is 6.86. The third-order valence-corrected chi connectivity index (χ3v) is 9.16. The van der Waals surface area contributed by atoms with E-state index < -0.39 is 35.3 Å². The normalized spacial score (nSPS) is 24.6. The van der Waals surface area contributed by atoms with E-state index in [0.29, 0.717) is 39.0 Å². The van der Waals surface area contributed by atoms with Crippen LogP contribution < -0.4 is 9.64 Å². The second kappa shape index (κ2) is 10.9. The van der Waals surface area contributed by atoms with Crippen LogP contribution in [0.2, 0.25) is 0 Å². The van der Waals surface area contributed by atoms with Crippen molar-refractivity contribution in [2.45, 2.75) is 56.9 Å². The molecule has 3 fully saturated rings. The molecule has 224 valence electrons. The van der Waals surface area contributed by atoms with E-state index in [9.17, 15) is 14.0 Å². The maximum Gasteiger partial charge on any atom is 0.262 e. The predicted molar refractivity (Wildman–Crippen MR) is 152 cm³/mol. The van der Waals surface area contributed by atoms with Crippen molar-refractivity contribution in [3.8, 4) is 17.0 Å². The smallest absolute Gasteiger partial charge is 0.262 e. The van der Waals surface area contributed by atoms with Crippen molar-refractivity contribution in [3.63, 3.8) is 0 Å². The zero-order valence-electron chi connectivity index (χ0n) is 24.0. The van der Waals surface area contributed by atoms with Gasteiger partial charge in [-0.2, -0.15) is 0 Å². The molecule has 3 saturated heterocycles. The number of likely N-dealkylation sites (tertiary alicyclic amines) is 1. The number of benzene rings is 1. The number of hydrogen-bond acceptors (Lipinski definition) is 6. The number of pyridine rings is 1. The molecule has 0 aliphatic carbocycles. The molecule has 0 spiro atoms. The summed E-state index contributed by atoms with van der Waals surface area (Å²) < 4.78 is 51.3. The van der Waals surface area contributed by atoms with Crippen molar-refractivity contribution in [3.05, 3.63) is 54.1 Å². The first-order valence-electron chi connectivity index (χ1n) is 14.6. The molecule has 4 aliphatic heterocycles. The van der Waals surface area contributed by atoms with Crippen LogP contribution in [0.3, 0.4) is 0 Å². The number of rotatable bonds is 4. The topological polar surface area (TPSA) is 69.2 Å². The van der Waals surface area contributed by atoms with E-state index in [1.807, 2.05) is 18.7 Å². The van der Waals surface area contributed by atoms with Gasteiger partial charge in [0.15, 0.2) is 11.6 Å². The van der Waals surface area contributed by atoms with Crippen molar-refractivity contribution in [2.24, 2.45) is 0 Å². The van der Waals surface area contributed by atoms with Crippen LogP contribution in [0.25, 0.3) is 11.3 Å². The molecule has 42 heavy (non-hydrogen) atoms. The van der Waals surface area contributed by atoms with Gasteiger partial charge in [0.1, 0.15) is 35.7 Å². The summed E-state index contributed by atoms with van der Waals surface area (Å²) in [6.45, 7) is 10.1. The third kappa shape index (κ3) is 4.91. The fraction of sp³-hybridized carbons (Fsp3) is 0.516. The Morgan fingerprint density at radius 2 is 1.83 bits per heavy atom. The van der Waals surface area contributed by atoms with Gasteiger partial charge in [-0.05, 0) is 51.3 Å². The van der Waals surface area contributed by atoms with Gasteiger partial charge in [-0.25, -0.2) is 18.2 Å². The minimum atomic E-state index is -0.898. The van der Waals surface area contributed by atoms with Crippen LogP contribution in [0.15, 0.2) is 36.9 Å². The quantitative estimate of drug-likeness (QED) is 0.506. The van der Waals surface area contributed by atoms with Gasteiger partial charge < -0.3 is 19.4 Å². The number of fused-ring (bicyclic) bond motifs is 2. The summed E-state index contributed by atoms with van der Waals surface area (Å²) in [6, 6.07) is 5.39. The van der Waals surface area contributed by atoms with Gasteiger partial charge in [-0.15, -0.1) is 0 Å². The molecule has 0 bridgehead atoms. The Bertz CT molecular complexity index is 1410. The van der Waals surface area contributed by atoms with E-state index >= 15 is 8.78 Å². The Balaban J connectivity index is 1.45. The zero-order valence-corrected chi connectivity index (χ0v) is 24.0. The third-order valence-electron chi connectivity index (χ3n) is 9.16. The Kier molecular flexibility index (Phi) is 7.41. The van der Waals surface area contributed by atoms with Crippen LogP contribution in [0.4, 0.5) is 19.0 Å².